The molecule has 5 nitrogen and oxygen atoms in total. The third-order valence-electron chi connectivity index (χ3n) is 5.00. The SMILES string of the molecule is Cc1nn(C)c(C)c1CN1CCN(C2CCNC2)CC1.Cl. The molecule has 0 saturated carbocycles. The van der Waals surface area contributed by atoms with Gasteiger partial charge in [-0.3, -0.25) is 14.5 Å². The van der Waals surface area contributed by atoms with Gasteiger partial charge in [0.1, 0.15) is 0 Å². The highest BCUT2D eigenvalue weighted by atomic mass is 35.5. The van der Waals surface area contributed by atoms with Gasteiger partial charge in [-0.2, -0.15) is 5.10 Å². The highest BCUT2D eigenvalue weighted by molar-refractivity contribution is 5.85. The highest BCUT2D eigenvalue weighted by Gasteiger charge is 2.26. The van der Waals surface area contributed by atoms with Gasteiger partial charge in [0.15, 0.2) is 0 Å². The van der Waals surface area contributed by atoms with Crippen molar-refractivity contribution in [3.05, 3.63) is 17.0 Å². The summed E-state index contributed by atoms with van der Waals surface area (Å²) in [6.45, 7) is 12.5. The molecular weight excluding hydrogens is 286 g/mol. The van der Waals surface area contributed by atoms with Crippen LogP contribution in [0, 0.1) is 13.8 Å². The molecule has 1 atom stereocenters. The van der Waals surface area contributed by atoms with Crippen LogP contribution >= 0.6 is 12.4 Å². The molecule has 0 spiro atoms. The zero-order valence-electron chi connectivity index (χ0n) is 13.4. The Morgan fingerprint density at radius 1 is 1.19 bits per heavy atom. The number of hydrogen-bond donors (Lipinski definition) is 1. The molecule has 0 aromatic carbocycles. The van der Waals surface area contributed by atoms with Crippen molar-refractivity contribution in [3.8, 4) is 0 Å². The lowest BCUT2D eigenvalue weighted by Gasteiger charge is -2.37. The Morgan fingerprint density at radius 3 is 2.43 bits per heavy atom. The quantitative estimate of drug-likeness (QED) is 0.901. The Balaban J connectivity index is 0.00000161. The Bertz CT molecular complexity index is 459. The van der Waals surface area contributed by atoms with Crippen molar-refractivity contribution in [2.75, 3.05) is 39.3 Å². The van der Waals surface area contributed by atoms with Crippen molar-refractivity contribution >= 4 is 12.4 Å². The van der Waals surface area contributed by atoms with Gasteiger partial charge in [0.2, 0.25) is 0 Å². The molecule has 0 aliphatic carbocycles. The summed E-state index contributed by atoms with van der Waals surface area (Å²) < 4.78 is 2.01. The lowest BCUT2D eigenvalue weighted by atomic mass is 10.1. The normalized spacial score (nSPS) is 24.2. The molecule has 1 aromatic rings. The van der Waals surface area contributed by atoms with Crippen molar-refractivity contribution in [1.29, 1.82) is 0 Å². The Morgan fingerprint density at radius 2 is 1.90 bits per heavy atom. The van der Waals surface area contributed by atoms with Crippen LogP contribution in [0.3, 0.4) is 0 Å². The molecule has 3 rings (SSSR count). The van der Waals surface area contributed by atoms with E-state index in [2.05, 4.69) is 34.1 Å². The molecule has 3 heterocycles. The zero-order valence-corrected chi connectivity index (χ0v) is 14.2. The van der Waals surface area contributed by atoms with Crippen LogP contribution in [0.1, 0.15) is 23.4 Å². The fourth-order valence-electron chi connectivity index (χ4n) is 3.51. The van der Waals surface area contributed by atoms with Crippen LogP contribution in [0.15, 0.2) is 0 Å². The Kier molecular flexibility index (Phi) is 5.66. The van der Waals surface area contributed by atoms with Crippen LogP contribution in [-0.4, -0.2) is 64.9 Å². The van der Waals surface area contributed by atoms with Crippen LogP contribution in [0.4, 0.5) is 0 Å². The smallest absolute Gasteiger partial charge is 0.0641 e. The lowest BCUT2D eigenvalue weighted by Crippen LogP contribution is -2.50. The number of aromatic nitrogens is 2. The van der Waals surface area contributed by atoms with Crippen molar-refractivity contribution in [2.45, 2.75) is 32.9 Å². The summed E-state index contributed by atoms with van der Waals surface area (Å²) in [6.07, 6.45) is 1.32. The van der Waals surface area contributed by atoms with Gasteiger partial charge in [0, 0.05) is 63.6 Å². The molecule has 0 radical (unpaired) electrons. The standard InChI is InChI=1S/C15H27N5.ClH/c1-12-15(13(2)18(3)17-12)11-19-6-8-20(9-7-19)14-4-5-16-10-14;/h14,16H,4-11H2,1-3H3;1H. The second-order valence-corrected chi connectivity index (χ2v) is 6.23. The number of nitrogens with one attached hydrogen (secondary N) is 1. The summed E-state index contributed by atoms with van der Waals surface area (Å²) in [4.78, 5) is 5.25. The third-order valence-corrected chi connectivity index (χ3v) is 5.00. The maximum Gasteiger partial charge on any atom is 0.0641 e. The second kappa shape index (κ2) is 7.09. The summed E-state index contributed by atoms with van der Waals surface area (Å²) in [5, 5.41) is 8.00. The van der Waals surface area contributed by atoms with Crippen molar-refractivity contribution < 1.29 is 0 Å². The summed E-state index contributed by atoms with van der Waals surface area (Å²) >= 11 is 0. The number of nitrogens with zero attached hydrogens (tertiary/aromatic N) is 4. The largest absolute Gasteiger partial charge is 0.315 e. The summed E-state index contributed by atoms with van der Waals surface area (Å²) in [5.74, 6) is 0. The first-order valence-corrected chi connectivity index (χ1v) is 7.81. The van der Waals surface area contributed by atoms with E-state index in [0.717, 1.165) is 12.6 Å². The minimum atomic E-state index is 0. The molecule has 120 valence electrons. The van der Waals surface area contributed by atoms with Crippen LogP contribution in [0.25, 0.3) is 0 Å². The second-order valence-electron chi connectivity index (χ2n) is 6.23. The molecule has 6 heteroatoms. The minimum Gasteiger partial charge on any atom is -0.315 e. The number of rotatable bonds is 3. The minimum absolute atomic E-state index is 0. The van der Waals surface area contributed by atoms with E-state index in [1.807, 2.05) is 11.7 Å². The predicted molar refractivity (Wildman–Crippen MR) is 88.1 cm³/mol. The Labute approximate surface area is 134 Å². The molecular formula is C15H28ClN5. The van der Waals surface area contributed by atoms with E-state index < -0.39 is 0 Å². The molecule has 0 bridgehead atoms. The molecule has 2 saturated heterocycles. The highest BCUT2D eigenvalue weighted by Crippen LogP contribution is 2.17. The van der Waals surface area contributed by atoms with E-state index in [0.29, 0.717) is 0 Å². The van der Waals surface area contributed by atoms with Gasteiger partial charge < -0.3 is 5.32 Å². The van der Waals surface area contributed by atoms with Gasteiger partial charge in [-0.1, -0.05) is 0 Å². The molecule has 2 fully saturated rings. The van der Waals surface area contributed by atoms with Crippen molar-refractivity contribution in [2.24, 2.45) is 7.05 Å². The van der Waals surface area contributed by atoms with Gasteiger partial charge >= 0.3 is 0 Å². The Hall–Kier alpha value is -0.620. The zero-order chi connectivity index (χ0) is 14.1. The summed E-state index contributed by atoms with van der Waals surface area (Å²) in [7, 11) is 2.04. The number of aryl methyl sites for hydroxylation is 2. The summed E-state index contributed by atoms with van der Waals surface area (Å²) in [5.41, 5.74) is 3.92. The first-order chi connectivity index (χ1) is 9.65. The van der Waals surface area contributed by atoms with E-state index in [1.54, 1.807) is 0 Å². The van der Waals surface area contributed by atoms with Crippen LogP contribution in [-0.2, 0) is 13.6 Å². The van der Waals surface area contributed by atoms with Gasteiger partial charge in [-0.15, -0.1) is 12.4 Å². The van der Waals surface area contributed by atoms with Gasteiger partial charge in [0.25, 0.3) is 0 Å². The van der Waals surface area contributed by atoms with Gasteiger partial charge in [-0.25, -0.2) is 0 Å². The molecule has 1 unspecified atom stereocenters. The van der Waals surface area contributed by atoms with E-state index >= 15 is 0 Å². The van der Waals surface area contributed by atoms with Crippen molar-refractivity contribution in [1.82, 2.24) is 24.9 Å². The first-order valence-electron chi connectivity index (χ1n) is 7.81. The predicted octanol–water partition coefficient (Wildman–Crippen LogP) is 0.938. The topological polar surface area (TPSA) is 36.3 Å². The average molecular weight is 314 g/mol. The monoisotopic (exact) mass is 313 g/mol. The molecule has 21 heavy (non-hydrogen) atoms. The van der Waals surface area contributed by atoms with Crippen LogP contribution in [0.2, 0.25) is 0 Å². The maximum atomic E-state index is 4.53. The fourth-order valence-corrected chi connectivity index (χ4v) is 3.51. The first kappa shape index (κ1) is 16.7. The lowest BCUT2D eigenvalue weighted by molar-refractivity contribution is 0.0979. The molecule has 1 N–H and O–H groups in total. The van der Waals surface area contributed by atoms with E-state index in [9.17, 15) is 0 Å². The molecule has 2 aliphatic heterocycles. The molecule has 1 aromatic heterocycles. The van der Waals surface area contributed by atoms with Crippen LogP contribution < -0.4 is 5.32 Å². The van der Waals surface area contributed by atoms with E-state index in [4.69, 9.17) is 0 Å². The number of piperazine rings is 1. The molecule has 0 amide bonds. The van der Waals surface area contributed by atoms with Gasteiger partial charge in [0.05, 0.1) is 5.69 Å². The van der Waals surface area contributed by atoms with E-state index in [1.165, 1.54) is 62.6 Å². The maximum absolute atomic E-state index is 4.53. The molecule has 2 aliphatic rings. The number of hydrogen-bond acceptors (Lipinski definition) is 4. The number of halogens is 1. The third kappa shape index (κ3) is 3.59. The van der Waals surface area contributed by atoms with Gasteiger partial charge in [-0.05, 0) is 26.8 Å². The van der Waals surface area contributed by atoms with Crippen LogP contribution in [0.5, 0.6) is 0 Å². The van der Waals surface area contributed by atoms with E-state index in [-0.39, 0.29) is 12.4 Å². The summed E-state index contributed by atoms with van der Waals surface area (Å²) in [6, 6.07) is 0.777. The fraction of sp³-hybridized carbons (Fsp3) is 0.800. The van der Waals surface area contributed by atoms with Crippen molar-refractivity contribution in [3.63, 3.8) is 0 Å². The average Bonchev–Trinajstić information content (AvgIpc) is 3.05.